The highest BCUT2D eigenvalue weighted by Crippen LogP contribution is 2.36. The van der Waals surface area contributed by atoms with Gasteiger partial charge < -0.3 is 14.8 Å². The largest absolute Gasteiger partial charge is 0.493 e. The van der Waals surface area contributed by atoms with Crippen LogP contribution in [0.2, 0.25) is 0 Å². The van der Waals surface area contributed by atoms with Crippen LogP contribution >= 0.6 is 11.8 Å². The molecule has 1 aliphatic heterocycles. The van der Waals surface area contributed by atoms with Crippen LogP contribution in [0.15, 0.2) is 89.3 Å². The number of rotatable bonds is 9. The van der Waals surface area contributed by atoms with Crippen molar-refractivity contribution in [1.82, 2.24) is 5.32 Å². The van der Waals surface area contributed by atoms with Crippen molar-refractivity contribution in [1.29, 1.82) is 0 Å². The number of benzene rings is 3. The topological polar surface area (TPSA) is 59.9 Å². The van der Waals surface area contributed by atoms with E-state index >= 15 is 0 Å². The minimum absolute atomic E-state index is 0.174. The molecule has 4 rings (SSSR count). The number of hydrogen-bond acceptors (Lipinski definition) is 5. The van der Waals surface area contributed by atoms with E-state index in [1.807, 2.05) is 78.9 Å². The molecule has 0 aromatic heterocycles. The fraction of sp³-hybridized carbons (Fsp3) is 0.172. The molecule has 178 valence electrons. The Morgan fingerprint density at radius 2 is 1.83 bits per heavy atom. The van der Waals surface area contributed by atoms with Crippen molar-refractivity contribution in [2.24, 2.45) is 4.99 Å². The fourth-order valence-electron chi connectivity index (χ4n) is 3.67. The van der Waals surface area contributed by atoms with Gasteiger partial charge >= 0.3 is 0 Å². The highest BCUT2D eigenvalue weighted by Gasteiger charge is 2.24. The van der Waals surface area contributed by atoms with Crippen LogP contribution in [-0.2, 0) is 24.2 Å². The lowest BCUT2D eigenvalue weighted by atomic mass is 10.0. The molecular formula is C29H28N2O3S. The highest BCUT2D eigenvalue weighted by atomic mass is 32.2. The Labute approximate surface area is 210 Å². The average Bonchev–Trinajstić information content (AvgIpc) is 3.22. The Morgan fingerprint density at radius 1 is 1.06 bits per heavy atom. The van der Waals surface area contributed by atoms with Gasteiger partial charge in [0.05, 0.1) is 17.7 Å². The molecule has 1 fully saturated rings. The van der Waals surface area contributed by atoms with Gasteiger partial charge in [0, 0.05) is 5.56 Å². The number of hydrogen-bond donors (Lipinski definition) is 1. The lowest BCUT2D eigenvalue weighted by Gasteiger charge is -2.16. The number of aliphatic imine (C=N–C) groups is 1. The van der Waals surface area contributed by atoms with Gasteiger partial charge in [0.1, 0.15) is 6.61 Å². The van der Waals surface area contributed by atoms with E-state index in [0.717, 1.165) is 28.8 Å². The Morgan fingerprint density at radius 3 is 2.51 bits per heavy atom. The highest BCUT2D eigenvalue weighted by molar-refractivity contribution is 8.18. The van der Waals surface area contributed by atoms with Crippen LogP contribution in [0.1, 0.15) is 29.2 Å². The van der Waals surface area contributed by atoms with Gasteiger partial charge in [-0.2, -0.15) is 0 Å². The Bertz CT molecular complexity index is 1270. The fourth-order valence-corrected chi connectivity index (χ4v) is 4.52. The van der Waals surface area contributed by atoms with Crippen LogP contribution in [-0.4, -0.2) is 18.2 Å². The molecule has 0 saturated carbocycles. The normalized spacial score (nSPS) is 15.3. The Kier molecular flexibility index (Phi) is 8.06. The van der Waals surface area contributed by atoms with Crippen molar-refractivity contribution in [3.05, 3.63) is 107 Å². The van der Waals surface area contributed by atoms with Crippen molar-refractivity contribution in [2.45, 2.75) is 26.4 Å². The van der Waals surface area contributed by atoms with Crippen molar-refractivity contribution in [3.8, 4) is 11.5 Å². The summed E-state index contributed by atoms with van der Waals surface area (Å²) in [6, 6.07) is 21.9. The van der Waals surface area contributed by atoms with E-state index in [0.29, 0.717) is 34.6 Å². The van der Waals surface area contributed by atoms with E-state index in [1.165, 1.54) is 17.3 Å². The second kappa shape index (κ2) is 11.6. The number of nitrogens with one attached hydrogen (secondary N) is 1. The first-order chi connectivity index (χ1) is 17.1. The van der Waals surface area contributed by atoms with Gasteiger partial charge in [0.2, 0.25) is 0 Å². The molecule has 5 nitrogen and oxygen atoms in total. The molecule has 0 radical (unpaired) electrons. The van der Waals surface area contributed by atoms with Crippen molar-refractivity contribution < 1.29 is 14.3 Å². The van der Waals surface area contributed by atoms with Crippen molar-refractivity contribution in [2.75, 3.05) is 7.11 Å². The van der Waals surface area contributed by atoms with Gasteiger partial charge in [-0.15, -0.1) is 6.58 Å². The third-order valence-electron chi connectivity index (χ3n) is 5.49. The van der Waals surface area contributed by atoms with Gasteiger partial charge in [0.25, 0.3) is 5.91 Å². The monoisotopic (exact) mass is 484 g/mol. The number of amides is 1. The minimum Gasteiger partial charge on any atom is -0.493 e. The zero-order chi connectivity index (χ0) is 24.6. The molecular weight excluding hydrogens is 456 g/mol. The van der Waals surface area contributed by atoms with Crippen LogP contribution in [0, 0.1) is 0 Å². The third-order valence-corrected chi connectivity index (χ3v) is 6.40. The molecule has 3 aromatic rings. The van der Waals surface area contributed by atoms with E-state index in [2.05, 4.69) is 23.8 Å². The van der Waals surface area contributed by atoms with E-state index < -0.39 is 0 Å². The zero-order valence-corrected chi connectivity index (χ0v) is 20.7. The first kappa shape index (κ1) is 24.4. The summed E-state index contributed by atoms with van der Waals surface area (Å²) in [6.45, 7) is 6.42. The van der Waals surface area contributed by atoms with Crippen molar-refractivity contribution in [3.63, 3.8) is 0 Å². The maximum Gasteiger partial charge on any atom is 0.264 e. The van der Waals surface area contributed by atoms with Gasteiger partial charge in [-0.25, -0.2) is 4.99 Å². The molecule has 1 saturated heterocycles. The smallest absolute Gasteiger partial charge is 0.264 e. The number of ether oxygens (including phenoxy) is 2. The minimum atomic E-state index is -0.174. The number of amidine groups is 1. The number of carbonyl (C=O) groups is 1. The second-order valence-corrected chi connectivity index (χ2v) is 9.01. The summed E-state index contributed by atoms with van der Waals surface area (Å²) in [5.41, 5.74) is 4.91. The first-order valence-corrected chi connectivity index (χ1v) is 12.3. The number of aryl methyl sites for hydroxylation is 1. The number of carbonyl (C=O) groups excluding carboxylic acids is 1. The molecule has 0 atom stereocenters. The molecule has 1 aliphatic rings. The van der Waals surface area contributed by atoms with Crippen LogP contribution in [0.25, 0.3) is 6.08 Å². The van der Waals surface area contributed by atoms with E-state index in [4.69, 9.17) is 9.47 Å². The summed E-state index contributed by atoms with van der Waals surface area (Å²) in [7, 11) is 1.62. The van der Waals surface area contributed by atoms with Gasteiger partial charge in [-0.1, -0.05) is 55.5 Å². The SMILES string of the molecule is C=CCc1cc(/C=C2\SC(=Nc3ccc(CC)cc3)NC2=O)cc(OC)c1OCc1ccccc1. The van der Waals surface area contributed by atoms with Crippen LogP contribution in [0.4, 0.5) is 5.69 Å². The summed E-state index contributed by atoms with van der Waals surface area (Å²) >= 11 is 1.32. The molecule has 0 unspecified atom stereocenters. The molecule has 1 amide bonds. The summed E-state index contributed by atoms with van der Waals surface area (Å²) < 4.78 is 11.8. The molecule has 3 aromatic carbocycles. The van der Waals surface area contributed by atoms with Crippen LogP contribution < -0.4 is 14.8 Å². The van der Waals surface area contributed by atoms with Crippen molar-refractivity contribution >= 4 is 34.6 Å². The van der Waals surface area contributed by atoms with Gasteiger partial charge in [0.15, 0.2) is 16.7 Å². The quantitative estimate of drug-likeness (QED) is 0.280. The van der Waals surface area contributed by atoms with E-state index in [-0.39, 0.29) is 5.91 Å². The predicted octanol–water partition coefficient (Wildman–Crippen LogP) is 6.46. The molecule has 6 heteroatoms. The maximum atomic E-state index is 12.6. The molecule has 1 heterocycles. The first-order valence-electron chi connectivity index (χ1n) is 11.5. The average molecular weight is 485 g/mol. The second-order valence-electron chi connectivity index (χ2n) is 7.98. The van der Waals surface area contributed by atoms with Gasteiger partial charge in [-0.3, -0.25) is 4.79 Å². The molecule has 35 heavy (non-hydrogen) atoms. The molecule has 1 N–H and O–H groups in total. The number of allylic oxidation sites excluding steroid dienone is 1. The lowest BCUT2D eigenvalue weighted by molar-refractivity contribution is -0.115. The van der Waals surface area contributed by atoms with Crippen LogP contribution in [0.5, 0.6) is 11.5 Å². The zero-order valence-electron chi connectivity index (χ0n) is 19.9. The number of nitrogens with zero attached hydrogens (tertiary/aromatic N) is 1. The lowest BCUT2D eigenvalue weighted by Crippen LogP contribution is -2.19. The maximum absolute atomic E-state index is 12.6. The van der Waals surface area contributed by atoms with Crippen LogP contribution in [0.3, 0.4) is 0 Å². The standard InChI is InChI=1S/C29H28N2O3S/c1-4-9-23-16-22(17-25(33-3)27(23)34-19-21-10-7-6-8-11-21)18-26-28(32)31-29(35-26)30-24-14-12-20(5-2)13-15-24/h4,6-8,10-18H,1,5,9,19H2,2-3H3,(H,30,31,32)/b26-18-. The van der Waals surface area contributed by atoms with Gasteiger partial charge in [-0.05, 0) is 71.6 Å². The molecule has 0 spiro atoms. The summed E-state index contributed by atoms with van der Waals surface area (Å²) in [5.74, 6) is 1.12. The number of methoxy groups -OCH3 is 1. The molecule has 0 aliphatic carbocycles. The number of thioether (sulfide) groups is 1. The Balaban J connectivity index is 1.58. The van der Waals surface area contributed by atoms with E-state index in [1.54, 1.807) is 7.11 Å². The summed E-state index contributed by atoms with van der Waals surface area (Å²) in [6.07, 6.45) is 5.26. The predicted molar refractivity (Wildman–Crippen MR) is 144 cm³/mol. The summed E-state index contributed by atoms with van der Waals surface area (Å²) in [4.78, 5) is 17.8. The van der Waals surface area contributed by atoms with E-state index in [9.17, 15) is 4.79 Å². The molecule has 0 bridgehead atoms. The third kappa shape index (κ3) is 6.22. The summed E-state index contributed by atoms with van der Waals surface area (Å²) in [5, 5.41) is 3.41. The Hall–Kier alpha value is -3.77.